The van der Waals surface area contributed by atoms with E-state index in [1.165, 1.54) is 0 Å². The predicted octanol–water partition coefficient (Wildman–Crippen LogP) is 2.62. The van der Waals surface area contributed by atoms with Gasteiger partial charge < -0.3 is 4.74 Å². The van der Waals surface area contributed by atoms with Gasteiger partial charge in [0, 0.05) is 17.3 Å². The summed E-state index contributed by atoms with van der Waals surface area (Å²) < 4.78 is 5.12. The van der Waals surface area contributed by atoms with Crippen LogP contribution >= 0.6 is 0 Å². The van der Waals surface area contributed by atoms with Gasteiger partial charge in [-0.15, -0.1) is 0 Å². The highest BCUT2D eigenvalue weighted by Gasteiger charge is 2.55. The van der Waals surface area contributed by atoms with E-state index in [2.05, 4.69) is 0 Å². The third kappa shape index (κ3) is 4.02. The Morgan fingerprint density at radius 2 is 2.10 bits per heavy atom. The van der Waals surface area contributed by atoms with E-state index >= 15 is 0 Å². The maximum Gasteiger partial charge on any atom is 0.320 e. The van der Waals surface area contributed by atoms with Crippen molar-refractivity contribution in [3.8, 4) is 0 Å². The summed E-state index contributed by atoms with van der Waals surface area (Å²) in [6, 6.07) is 0. The van der Waals surface area contributed by atoms with E-state index in [-0.39, 0.29) is 24.9 Å². The molecule has 0 bridgehead atoms. The van der Waals surface area contributed by atoms with Crippen molar-refractivity contribution in [2.75, 3.05) is 13.2 Å². The molecule has 0 aromatic carbocycles. The Bertz CT molecular complexity index is 407. The highest BCUT2D eigenvalue weighted by Crippen LogP contribution is 2.44. The zero-order valence-electron chi connectivity index (χ0n) is 13.1. The Kier molecular flexibility index (Phi) is 6.30. The average Bonchev–Trinajstić information content (AvgIpc) is 2.37. The Morgan fingerprint density at radius 1 is 1.43 bits per heavy atom. The minimum atomic E-state index is -1.31. The summed E-state index contributed by atoms with van der Waals surface area (Å²) in [6.45, 7) is 5.39. The number of hydrogen-bond acceptors (Lipinski definition) is 5. The third-order valence-corrected chi connectivity index (χ3v) is 4.18. The Hall–Kier alpha value is -1.46. The number of nitrogens with zero attached hydrogens (tertiary/aromatic N) is 1. The Morgan fingerprint density at radius 3 is 2.57 bits per heavy atom. The molecule has 0 amide bonds. The van der Waals surface area contributed by atoms with Crippen molar-refractivity contribution in [3.05, 3.63) is 10.1 Å². The smallest absolute Gasteiger partial charge is 0.320 e. The zero-order chi connectivity index (χ0) is 16.0. The summed E-state index contributed by atoms with van der Waals surface area (Å²) in [5.74, 6) is -1.16. The quantitative estimate of drug-likeness (QED) is 0.312. The van der Waals surface area contributed by atoms with Gasteiger partial charge in [0.15, 0.2) is 5.78 Å². The van der Waals surface area contributed by atoms with Gasteiger partial charge in [0.25, 0.3) is 0 Å². The van der Waals surface area contributed by atoms with Crippen molar-refractivity contribution in [1.29, 1.82) is 0 Å². The molecule has 0 N–H and O–H groups in total. The molecule has 21 heavy (non-hydrogen) atoms. The molecular weight excluding hydrogens is 274 g/mol. The largest absolute Gasteiger partial charge is 0.465 e. The number of carbonyl (C=O) groups is 2. The minimum absolute atomic E-state index is 0.177. The van der Waals surface area contributed by atoms with Gasteiger partial charge in [0.2, 0.25) is 6.54 Å². The molecule has 0 aliphatic heterocycles. The lowest BCUT2D eigenvalue weighted by atomic mass is 9.63. The topological polar surface area (TPSA) is 86.5 Å². The molecule has 1 aliphatic rings. The SMILES string of the molecule is CCOC(=O)C1(C(CC(C)C)C[N+](=O)[O-])CCCCC1=O. The average molecular weight is 299 g/mol. The van der Waals surface area contributed by atoms with Gasteiger partial charge in [-0.05, 0) is 32.1 Å². The van der Waals surface area contributed by atoms with Gasteiger partial charge >= 0.3 is 5.97 Å². The van der Waals surface area contributed by atoms with Crippen molar-refractivity contribution in [2.24, 2.45) is 17.3 Å². The predicted molar refractivity (Wildman–Crippen MR) is 77.3 cm³/mol. The Balaban J connectivity index is 3.19. The van der Waals surface area contributed by atoms with Crippen LogP contribution in [0.5, 0.6) is 0 Å². The summed E-state index contributed by atoms with van der Waals surface area (Å²) in [6.07, 6.45) is 2.64. The summed E-state index contributed by atoms with van der Waals surface area (Å²) in [5, 5.41) is 11.0. The molecule has 120 valence electrons. The van der Waals surface area contributed by atoms with E-state index in [0.717, 1.165) is 12.8 Å². The fourth-order valence-corrected chi connectivity index (χ4v) is 3.31. The summed E-state index contributed by atoms with van der Waals surface area (Å²) in [4.78, 5) is 35.6. The number of carbonyl (C=O) groups excluding carboxylic acids is 2. The number of esters is 1. The highest BCUT2D eigenvalue weighted by atomic mass is 16.6. The highest BCUT2D eigenvalue weighted by molar-refractivity contribution is 6.04. The van der Waals surface area contributed by atoms with Crippen LogP contribution in [0, 0.1) is 27.4 Å². The van der Waals surface area contributed by atoms with Crippen LogP contribution in [0.25, 0.3) is 0 Å². The molecule has 1 rings (SSSR count). The van der Waals surface area contributed by atoms with Crippen LogP contribution in [0.1, 0.15) is 52.9 Å². The van der Waals surface area contributed by atoms with Crippen LogP contribution < -0.4 is 0 Å². The second-order valence-corrected chi connectivity index (χ2v) is 6.16. The van der Waals surface area contributed by atoms with Crippen LogP contribution in [0.2, 0.25) is 0 Å². The molecule has 1 saturated carbocycles. The number of Topliss-reactive ketones (excluding diaryl/α,β-unsaturated/α-hetero) is 1. The number of hydrogen-bond donors (Lipinski definition) is 0. The van der Waals surface area contributed by atoms with Crippen molar-refractivity contribution >= 4 is 11.8 Å². The standard InChI is InChI=1S/C15H25NO5/c1-4-21-14(18)15(8-6-5-7-13(15)17)12(9-11(2)3)10-16(19)20/h11-12H,4-10H2,1-3H3. The molecule has 2 unspecified atom stereocenters. The number of ether oxygens (including phenoxy) is 1. The van der Waals surface area contributed by atoms with Crippen molar-refractivity contribution in [2.45, 2.75) is 52.9 Å². The fraction of sp³-hybridized carbons (Fsp3) is 0.867. The van der Waals surface area contributed by atoms with Crippen LogP contribution in [0.15, 0.2) is 0 Å². The summed E-state index contributed by atoms with van der Waals surface area (Å²) in [7, 11) is 0. The van der Waals surface area contributed by atoms with Crippen molar-refractivity contribution in [3.63, 3.8) is 0 Å². The molecule has 0 aromatic heterocycles. The number of rotatable bonds is 7. The molecule has 6 heteroatoms. The van der Waals surface area contributed by atoms with Crippen LogP contribution in [0.4, 0.5) is 0 Å². The molecular formula is C15H25NO5. The van der Waals surface area contributed by atoms with E-state index < -0.39 is 22.2 Å². The van der Waals surface area contributed by atoms with Gasteiger partial charge in [0.05, 0.1) is 6.61 Å². The normalized spacial score (nSPS) is 23.9. The Labute approximate surface area is 125 Å². The van der Waals surface area contributed by atoms with Gasteiger partial charge in [-0.1, -0.05) is 20.3 Å². The lowest BCUT2D eigenvalue weighted by Crippen LogP contribution is -2.51. The van der Waals surface area contributed by atoms with Gasteiger partial charge in [0.1, 0.15) is 5.41 Å². The molecule has 2 atom stereocenters. The molecule has 1 aliphatic carbocycles. The molecule has 0 heterocycles. The molecule has 0 saturated heterocycles. The molecule has 1 fully saturated rings. The number of ketones is 1. The van der Waals surface area contributed by atoms with Crippen molar-refractivity contribution in [1.82, 2.24) is 0 Å². The van der Waals surface area contributed by atoms with Crippen LogP contribution in [0.3, 0.4) is 0 Å². The zero-order valence-corrected chi connectivity index (χ0v) is 13.1. The first-order valence-electron chi connectivity index (χ1n) is 7.66. The first-order chi connectivity index (χ1) is 9.84. The molecule has 0 aromatic rings. The lowest BCUT2D eigenvalue weighted by Gasteiger charge is -2.38. The first-order valence-corrected chi connectivity index (χ1v) is 7.66. The van der Waals surface area contributed by atoms with E-state index in [9.17, 15) is 19.7 Å². The van der Waals surface area contributed by atoms with Crippen LogP contribution in [-0.2, 0) is 14.3 Å². The maximum atomic E-state index is 12.5. The number of nitro groups is 1. The van der Waals surface area contributed by atoms with Gasteiger partial charge in [-0.25, -0.2) is 0 Å². The maximum absolute atomic E-state index is 12.5. The van der Waals surface area contributed by atoms with Gasteiger partial charge in [-0.3, -0.25) is 19.7 Å². The minimum Gasteiger partial charge on any atom is -0.465 e. The monoisotopic (exact) mass is 299 g/mol. The van der Waals surface area contributed by atoms with E-state index in [1.807, 2.05) is 13.8 Å². The van der Waals surface area contributed by atoms with E-state index in [0.29, 0.717) is 19.3 Å². The van der Waals surface area contributed by atoms with Crippen LogP contribution in [-0.4, -0.2) is 29.8 Å². The second-order valence-electron chi connectivity index (χ2n) is 6.16. The second kappa shape index (κ2) is 7.52. The fourth-order valence-electron chi connectivity index (χ4n) is 3.31. The molecule has 0 radical (unpaired) electrons. The molecule has 0 spiro atoms. The van der Waals surface area contributed by atoms with E-state index in [4.69, 9.17) is 4.74 Å². The third-order valence-electron chi connectivity index (χ3n) is 4.18. The van der Waals surface area contributed by atoms with E-state index in [1.54, 1.807) is 6.92 Å². The summed E-state index contributed by atoms with van der Waals surface area (Å²) in [5.41, 5.74) is -1.31. The molecule has 6 nitrogen and oxygen atoms in total. The lowest BCUT2D eigenvalue weighted by molar-refractivity contribution is -0.491. The first kappa shape index (κ1) is 17.6. The van der Waals surface area contributed by atoms with Crippen molar-refractivity contribution < 1.29 is 19.2 Å². The van der Waals surface area contributed by atoms with Gasteiger partial charge in [-0.2, -0.15) is 0 Å². The summed E-state index contributed by atoms with van der Waals surface area (Å²) >= 11 is 0.